The number of hydrogen-bond donors (Lipinski definition) is 1. The van der Waals surface area contributed by atoms with Crippen molar-refractivity contribution in [1.29, 1.82) is 0 Å². The number of carboxylic acid groups (broad SMARTS) is 1. The number of benzene rings is 1. The lowest BCUT2D eigenvalue weighted by Crippen LogP contribution is -2.24. The lowest BCUT2D eigenvalue weighted by Gasteiger charge is -2.08. The number of fused-ring (bicyclic) bond motifs is 1. The van der Waals surface area contributed by atoms with Gasteiger partial charge in [-0.25, -0.2) is 4.79 Å². The standard InChI is InChI=1S/C14H18O5/c1-2-5-17-6-7-18-11-4-3-10-8-13(14(15)16)19-12(10)9-11/h3-4,9,13H,2,5-8H2,1H3,(H,15,16). The normalized spacial score (nSPS) is 16.8. The zero-order chi connectivity index (χ0) is 13.7. The van der Waals surface area contributed by atoms with Crippen LogP contribution >= 0.6 is 0 Å². The summed E-state index contributed by atoms with van der Waals surface area (Å²) in [4.78, 5) is 10.9. The van der Waals surface area contributed by atoms with Gasteiger partial charge in [-0.3, -0.25) is 0 Å². The van der Waals surface area contributed by atoms with Gasteiger partial charge in [-0.1, -0.05) is 13.0 Å². The lowest BCUT2D eigenvalue weighted by molar-refractivity contribution is -0.144. The van der Waals surface area contributed by atoms with Crippen LogP contribution in [-0.2, 0) is 16.0 Å². The monoisotopic (exact) mass is 266 g/mol. The minimum Gasteiger partial charge on any atom is -0.491 e. The summed E-state index contributed by atoms with van der Waals surface area (Å²) in [5.74, 6) is 0.330. The minimum atomic E-state index is -0.938. The summed E-state index contributed by atoms with van der Waals surface area (Å²) in [5.41, 5.74) is 0.905. The van der Waals surface area contributed by atoms with Crippen LogP contribution in [0.1, 0.15) is 18.9 Å². The van der Waals surface area contributed by atoms with E-state index in [1.807, 2.05) is 12.1 Å². The van der Waals surface area contributed by atoms with E-state index >= 15 is 0 Å². The van der Waals surface area contributed by atoms with Crippen LogP contribution in [0.5, 0.6) is 11.5 Å². The third kappa shape index (κ3) is 3.61. The second-order valence-electron chi connectivity index (χ2n) is 4.38. The van der Waals surface area contributed by atoms with E-state index in [9.17, 15) is 4.79 Å². The Balaban J connectivity index is 1.85. The second-order valence-corrected chi connectivity index (χ2v) is 4.38. The van der Waals surface area contributed by atoms with Gasteiger partial charge in [-0.2, -0.15) is 0 Å². The highest BCUT2D eigenvalue weighted by Crippen LogP contribution is 2.32. The largest absolute Gasteiger partial charge is 0.491 e. The number of carboxylic acids is 1. The van der Waals surface area contributed by atoms with Crippen molar-refractivity contribution in [2.75, 3.05) is 19.8 Å². The van der Waals surface area contributed by atoms with E-state index in [-0.39, 0.29) is 0 Å². The van der Waals surface area contributed by atoms with E-state index in [0.29, 0.717) is 31.1 Å². The molecule has 19 heavy (non-hydrogen) atoms. The zero-order valence-corrected chi connectivity index (χ0v) is 10.9. The van der Waals surface area contributed by atoms with Crippen molar-refractivity contribution in [2.45, 2.75) is 25.9 Å². The fourth-order valence-electron chi connectivity index (χ4n) is 1.90. The molecule has 0 saturated heterocycles. The maximum absolute atomic E-state index is 10.9. The number of hydrogen-bond acceptors (Lipinski definition) is 4. The zero-order valence-electron chi connectivity index (χ0n) is 10.9. The Labute approximate surface area is 112 Å². The molecule has 1 N–H and O–H groups in total. The Hall–Kier alpha value is -1.75. The highest BCUT2D eigenvalue weighted by atomic mass is 16.5. The Kier molecular flexibility index (Phi) is 4.63. The summed E-state index contributed by atoms with van der Waals surface area (Å²) >= 11 is 0. The van der Waals surface area contributed by atoms with Crippen molar-refractivity contribution in [3.05, 3.63) is 23.8 Å². The summed E-state index contributed by atoms with van der Waals surface area (Å²) < 4.78 is 16.2. The number of ether oxygens (including phenoxy) is 3. The van der Waals surface area contributed by atoms with Crippen LogP contribution in [-0.4, -0.2) is 37.0 Å². The van der Waals surface area contributed by atoms with Crippen molar-refractivity contribution < 1.29 is 24.1 Å². The molecular formula is C14H18O5. The molecule has 0 amide bonds. The molecule has 0 radical (unpaired) electrons. The highest BCUT2D eigenvalue weighted by Gasteiger charge is 2.28. The first-order valence-corrected chi connectivity index (χ1v) is 6.43. The Bertz CT molecular complexity index is 443. The molecule has 1 aromatic carbocycles. The smallest absolute Gasteiger partial charge is 0.345 e. The fourth-order valence-corrected chi connectivity index (χ4v) is 1.90. The molecule has 5 nitrogen and oxygen atoms in total. The highest BCUT2D eigenvalue weighted by molar-refractivity contribution is 5.74. The molecule has 0 aliphatic carbocycles. The first-order valence-electron chi connectivity index (χ1n) is 6.43. The van der Waals surface area contributed by atoms with Gasteiger partial charge < -0.3 is 19.3 Å². The van der Waals surface area contributed by atoms with Crippen molar-refractivity contribution in [1.82, 2.24) is 0 Å². The van der Waals surface area contributed by atoms with Crippen LogP contribution in [0.3, 0.4) is 0 Å². The molecule has 1 aliphatic rings. The Morgan fingerprint density at radius 1 is 1.42 bits per heavy atom. The maximum atomic E-state index is 10.9. The molecule has 1 atom stereocenters. The molecule has 2 rings (SSSR count). The quantitative estimate of drug-likeness (QED) is 0.763. The van der Waals surface area contributed by atoms with E-state index in [0.717, 1.165) is 18.6 Å². The van der Waals surface area contributed by atoms with Crippen molar-refractivity contribution in [3.63, 3.8) is 0 Å². The summed E-state index contributed by atoms with van der Waals surface area (Å²) in [6, 6.07) is 5.41. The molecule has 0 saturated carbocycles. The van der Waals surface area contributed by atoms with Crippen LogP contribution < -0.4 is 9.47 Å². The Morgan fingerprint density at radius 3 is 3.00 bits per heavy atom. The lowest BCUT2D eigenvalue weighted by atomic mass is 10.1. The average Bonchev–Trinajstić information content (AvgIpc) is 2.82. The van der Waals surface area contributed by atoms with Gasteiger partial charge in [0.05, 0.1) is 6.61 Å². The average molecular weight is 266 g/mol. The fraction of sp³-hybridized carbons (Fsp3) is 0.500. The molecule has 1 heterocycles. The van der Waals surface area contributed by atoms with Crippen LogP contribution in [0.25, 0.3) is 0 Å². The number of aliphatic carboxylic acids is 1. The third-order valence-electron chi connectivity index (χ3n) is 2.83. The predicted molar refractivity (Wildman–Crippen MR) is 68.8 cm³/mol. The van der Waals surface area contributed by atoms with Crippen molar-refractivity contribution >= 4 is 5.97 Å². The van der Waals surface area contributed by atoms with Crippen molar-refractivity contribution in [2.24, 2.45) is 0 Å². The molecule has 5 heteroatoms. The van der Waals surface area contributed by atoms with E-state index in [1.54, 1.807) is 6.07 Å². The summed E-state index contributed by atoms with van der Waals surface area (Å²) in [7, 11) is 0. The first-order chi connectivity index (χ1) is 9.20. The molecule has 1 unspecified atom stereocenters. The van der Waals surface area contributed by atoms with Gasteiger partial charge in [0.25, 0.3) is 0 Å². The molecule has 1 aromatic rings. The van der Waals surface area contributed by atoms with Crippen LogP contribution in [0.2, 0.25) is 0 Å². The van der Waals surface area contributed by atoms with Gasteiger partial charge in [-0.05, 0) is 18.1 Å². The molecule has 0 spiro atoms. The maximum Gasteiger partial charge on any atom is 0.345 e. The topological polar surface area (TPSA) is 65.0 Å². The summed E-state index contributed by atoms with van der Waals surface area (Å²) in [6.07, 6.45) is 0.617. The van der Waals surface area contributed by atoms with E-state index in [1.165, 1.54) is 0 Å². The molecular weight excluding hydrogens is 248 g/mol. The molecule has 0 aromatic heterocycles. The predicted octanol–water partition coefficient (Wildman–Crippen LogP) is 1.88. The second kappa shape index (κ2) is 6.43. The molecule has 0 fully saturated rings. The van der Waals surface area contributed by atoms with Gasteiger partial charge in [0.1, 0.15) is 18.1 Å². The summed E-state index contributed by atoms with van der Waals surface area (Å²) in [5, 5.41) is 8.91. The number of carbonyl (C=O) groups is 1. The van der Waals surface area contributed by atoms with Gasteiger partial charge in [0.2, 0.25) is 0 Å². The van der Waals surface area contributed by atoms with E-state index in [4.69, 9.17) is 19.3 Å². The third-order valence-corrected chi connectivity index (χ3v) is 2.83. The van der Waals surface area contributed by atoms with Crippen molar-refractivity contribution in [3.8, 4) is 11.5 Å². The Morgan fingerprint density at radius 2 is 2.26 bits per heavy atom. The molecule has 0 bridgehead atoms. The molecule has 1 aliphatic heterocycles. The summed E-state index contributed by atoms with van der Waals surface area (Å²) in [6.45, 7) is 3.80. The van der Waals surface area contributed by atoms with E-state index < -0.39 is 12.1 Å². The van der Waals surface area contributed by atoms with E-state index in [2.05, 4.69) is 6.92 Å². The minimum absolute atomic E-state index is 0.407. The van der Waals surface area contributed by atoms with Crippen LogP contribution in [0.4, 0.5) is 0 Å². The number of rotatable bonds is 7. The van der Waals surface area contributed by atoms with Gasteiger partial charge in [-0.15, -0.1) is 0 Å². The van der Waals surface area contributed by atoms with Gasteiger partial charge in [0.15, 0.2) is 6.10 Å². The first kappa shape index (κ1) is 13.7. The van der Waals surface area contributed by atoms with Gasteiger partial charge >= 0.3 is 5.97 Å². The van der Waals surface area contributed by atoms with Crippen LogP contribution in [0.15, 0.2) is 18.2 Å². The van der Waals surface area contributed by atoms with Gasteiger partial charge in [0, 0.05) is 19.1 Å². The van der Waals surface area contributed by atoms with Crippen LogP contribution in [0, 0.1) is 0 Å². The SMILES string of the molecule is CCCOCCOc1ccc2c(c1)OC(C(=O)O)C2. The molecule has 104 valence electrons.